The van der Waals surface area contributed by atoms with Crippen LogP contribution >= 0.6 is 0 Å². The van der Waals surface area contributed by atoms with E-state index in [1.165, 1.54) is 0 Å². The highest BCUT2D eigenvalue weighted by Gasteiger charge is 2.05. The number of hydrogen-bond donors (Lipinski definition) is 2. The predicted molar refractivity (Wildman–Crippen MR) is 82.9 cm³/mol. The molecule has 0 heterocycles. The van der Waals surface area contributed by atoms with Crippen molar-refractivity contribution < 1.29 is 9.47 Å². The molecule has 20 heavy (non-hydrogen) atoms. The highest BCUT2D eigenvalue weighted by Crippen LogP contribution is 2.31. The smallest absolute Gasteiger partial charge is 0.144 e. The summed E-state index contributed by atoms with van der Waals surface area (Å²) in [5.41, 5.74) is 8.36. The molecule has 2 aromatic carbocycles. The number of nitrogen functional groups attached to an aromatic ring is 1. The van der Waals surface area contributed by atoms with Gasteiger partial charge in [-0.25, -0.2) is 0 Å². The van der Waals surface area contributed by atoms with Crippen molar-refractivity contribution >= 4 is 17.1 Å². The third kappa shape index (κ3) is 3.35. The normalized spacial score (nSPS) is 10.1. The number of benzene rings is 2. The molecule has 0 aromatic heterocycles. The first-order valence-corrected chi connectivity index (χ1v) is 6.67. The van der Waals surface area contributed by atoms with E-state index in [-0.39, 0.29) is 0 Å². The van der Waals surface area contributed by atoms with Crippen molar-refractivity contribution in [3.63, 3.8) is 0 Å². The van der Waals surface area contributed by atoms with Gasteiger partial charge in [-0.1, -0.05) is 19.1 Å². The summed E-state index contributed by atoms with van der Waals surface area (Å²) >= 11 is 0. The third-order valence-electron chi connectivity index (χ3n) is 2.86. The summed E-state index contributed by atoms with van der Waals surface area (Å²) < 4.78 is 10.9. The van der Waals surface area contributed by atoms with Gasteiger partial charge in [-0.3, -0.25) is 0 Å². The summed E-state index contributed by atoms with van der Waals surface area (Å²) in [5, 5.41) is 3.31. The third-order valence-corrected chi connectivity index (χ3v) is 2.86. The molecule has 0 unspecified atom stereocenters. The minimum Gasteiger partial charge on any atom is -0.495 e. The molecule has 2 aromatic rings. The van der Waals surface area contributed by atoms with Crippen molar-refractivity contribution in [1.82, 2.24) is 0 Å². The standard InChI is InChI=1S/C16H20N2O2/c1-3-10-20-16-11-12(8-9-13(16)17)18-14-6-4-5-7-15(14)19-2/h4-9,11,18H,3,10,17H2,1-2H3. The van der Waals surface area contributed by atoms with Gasteiger partial charge in [0, 0.05) is 11.8 Å². The van der Waals surface area contributed by atoms with Crippen molar-refractivity contribution in [1.29, 1.82) is 0 Å². The molecular formula is C16H20N2O2. The number of ether oxygens (including phenoxy) is 2. The van der Waals surface area contributed by atoms with Crippen LogP contribution in [0, 0.1) is 0 Å². The highest BCUT2D eigenvalue weighted by molar-refractivity contribution is 5.70. The Morgan fingerprint density at radius 3 is 2.65 bits per heavy atom. The van der Waals surface area contributed by atoms with Crippen LogP contribution in [0.3, 0.4) is 0 Å². The largest absolute Gasteiger partial charge is 0.495 e. The number of para-hydroxylation sites is 2. The molecule has 0 aliphatic rings. The Hall–Kier alpha value is -2.36. The van der Waals surface area contributed by atoms with Gasteiger partial charge in [-0.05, 0) is 30.7 Å². The molecule has 106 valence electrons. The van der Waals surface area contributed by atoms with Crippen LogP contribution in [0.15, 0.2) is 42.5 Å². The van der Waals surface area contributed by atoms with Gasteiger partial charge in [0.25, 0.3) is 0 Å². The van der Waals surface area contributed by atoms with E-state index >= 15 is 0 Å². The Morgan fingerprint density at radius 2 is 1.90 bits per heavy atom. The first-order chi connectivity index (χ1) is 9.74. The van der Waals surface area contributed by atoms with Crippen LogP contribution in [0.2, 0.25) is 0 Å². The van der Waals surface area contributed by atoms with Crippen molar-refractivity contribution in [2.24, 2.45) is 0 Å². The summed E-state index contributed by atoms with van der Waals surface area (Å²) in [4.78, 5) is 0. The lowest BCUT2D eigenvalue weighted by Crippen LogP contribution is -2.00. The molecule has 0 fully saturated rings. The van der Waals surface area contributed by atoms with E-state index in [0.29, 0.717) is 18.0 Å². The summed E-state index contributed by atoms with van der Waals surface area (Å²) in [7, 11) is 1.65. The van der Waals surface area contributed by atoms with Crippen LogP contribution in [0.5, 0.6) is 11.5 Å². The Balaban J connectivity index is 2.20. The zero-order chi connectivity index (χ0) is 14.4. The molecule has 0 saturated carbocycles. The average molecular weight is 272 g/mol. The van der Waals surface area contributed by atoms with E-state index in [1.807, 2.05) is 42.5 Å². The quantitative estimate of drug-likeness (QED) is 0.785. The summed E-state index contributed by atoms with van der Waals surface area (Å²) in [5.74, 6) is 1.49. The lowest BCUT2D eigenvalue weighted by atomic mass is 10.2. The minimum absolute atomic E-state index is 0.643. The maximum absolute atomic E-state index is 5.90. The van der Waals surface area contributed by atoms with Gasteiger partial charge in [-0.2, -0.15) is 0 Å². The Morgan fingerprint density at radius 1 is 1.10 bits per heavy atom. The summed E-state index contributed by atoms with van der Waals surface area (Å²) in [6, 6.07) is 13.4. The molecule has 0 aliphatic heterocycles. The number of hydrogen-bond acceptors (Lipinski definition) is 4. The van der Waals surface area contributed by atoms with E-state index in [1.54, 1.807) is 7.11 Å². The molecule has 3 N–H and O–H groups in total. The molecule has 0 atom stereocenters. The SMILES string of the molecule is CCCOc1cc(Nc2ccccc2OC)ccc1N. The molecule has 4 nitrogen and oxygen atoms in total. The molecule has 0 amide bonds. The first kappa shape index (κ1) is 14.1. The summed E-state index contributed by atoms with van der Waals surface area (Å²) in [6.07, 6.45) is 0.948. The second kappa shape index (κ2) is 6.70. The number of anilines is 3. The first-order valence-electron chi connectivity index (χ1n) is 6.67. The Labute approximate surface area is 119 Å². The monoisotopic (exact) mass is 272 g/mol. The van der Waals surface area contributed by atoms with E-state index in [9.17, 15) is 0 Å². The number of rotatable bonds is 6. The second-order valence-electron chi connectivity index (χ2n) is 4.43. The van der Waals surface area contributed by atoms with Crippen molar-refractivity contribution in [3.8, 4) is 11.5 Å². The van der Waals surface area contributed by atoms with Crippen molar-refractivity contribution in [2.45, 2.75) is 13.3 Å². The van der Waals surface area contributed by atoms with Gasteiger partial charge in [0.15, 0.2) is 0 Å². The molecule has 0 spiro atoms. The maximum Gasteiger partial charge on any atom is 0.144 e. The van der Waals surface area contributed by atoms with Crippen LogP contribution in [-0.4, -0.2) is 13.7 Å². The van der Waals surface area contributed by atoms with Gasteiger partial charge in [0.1, 0.15) is 11.5 Å². The molecule has 0 bridgehead atoms. The predicted octanol–water partition coefficient (Wildman–Crippen LogP) is 3.81. The zero-order valence-corrected chi connectivity index (χ0v) is 11.8. The van der Waals surface area contributed by atoms with Crippen LogP contribution in [0.4, 0.5) is 17.1 Å². The van der Waals surface area contributed by atoms with Gasteiger partial charge >= 0.3 is 0 Å². The lowest BCUT2D eigenvalue weighted by molar-refractivity contribution is 0.319. The Kier molecular flexibility index (Phi) is 4.71. The van der Waals surface area contributed by atoms with Gasteiger partial charge < -0.3 is 20.5 Å². The Bertz CT molecular complexity index is 570. The van der Waals surface area contributed by atoms with E-state index < -0.39 is 0 Å². The van der Waals surface area contributed by atoms with E-state index in [0.717, 1.165) is 23.5 Å². The van der Waals surface area contributed by atoms with Crippen LogP contribution in [0.1, 0.15) is 13.3 Å². The second-order valence-corrected chi connectivity index (χ2v) is 4.43. The molecule has 4 heteroatoms. The van der Waals surface area contributed by atoms with Crippen molar-refractivity contribution in [2.75, 3.05) is 24.8 Å². The molecule has 0 radical (unpaired) electrons. The fourth-order valence-corrected chi connectivity index (χ4v) is 1.85. The molecule has 0 saturated heterocycles. The number of nitrogens with one attached hydrogen (secondary N) is 1. The number of methoxy groups -OCH3 is 1. The van der Waals surface area contributed by atoms with E-state index in [2.05, 4.69) is 12.2 Å². The van der Waals surface area contributed by atoms with Gasteiger partial charge in [0.05, 0.1) is 25.1 Å². The minimum atomic E-state index is 0.643. The van der Waals surface area contributed by atoms with E-state index in [4.69, 9.17) is 15.2 Å². The maximum atomic E-state index is 5.90. The topological polar surface area (TPSA) is 56.5 Å². The molecule has 0 aliphatic carbocycles. The van der Waals surface area contributed by atoms with Gasteiger partial charge in [0.2, 0.25) is 0 Å². The fourth-order valence-electron chi connectivity index (χ4n) is 1.85. The van der Waals surface area contributed by atoms with Crippen LogP contribution < -0.4 is 20.5 Å². The van der Waals surface area contributed by atoms with Crippen molar-refractivity contribution in [3.05, 3.63) is 42.5 Å². The lowest BCUT2D eigenvalue weighted by Gasteiger charge is -2.13. The molecule has 2 rings (SSSR count). The zero-order valence-electron chi connectivity index (χ0n) is 11.8. The molecular weight excluding hydrogens is 252 g/mol. The summed E-state index contributed by atoms with van der Waals surface area (Å²) in [6.45, 7) is 2.72. The highest BCUT2D eigenvalue weighted by atomic mass is 16.5. The fraction of sp³-hybridized carbons (Fsp3) is 0.250. The van der Waals surface area contributed by atoms with Gasteiger partial charge in [-0.15, -0.1) is 0 Å². The van der Waals surface area contributed by atoms with Crippen LogP contribution in [0.25, 0.3) is 0 Å². The average Bonchev–Trinajstić information content (AvgIpc) is 2.48. The number of nitrogens with two attached hydrogens (primary N) is 1. The van der Waals surface area contributed by atoms with Crippen LogP contribution in [-0.2, 0) is 0 Å².